The second-order valence-corrected chi connectivity index (χ2v) is 6.03. The van der Waals surface area contributed by atoms with E-state index in [0.29, 0.717) is 18.3 Å². The highest BCUT2D eigenvalue weighted by atomic mass is 16.3. The molecule has 1 amide bonds. The molecule has 0 bridgehead atoms. The van der Waals surface area contributed by atoms with Gasteiger partial charge in [0.25, 0.3) is 5.91 Å². The lowest BCUT2D eigenvalue weighted by Gasteiger charge is -2.31. The molecule has 23 heavy (non-hydrogen) atoms. The maximum atomic E-state index is 12.0. The number of hydrogen-bond donors (Lipinski definition) is 2. The zero-order valence-electron chi connectivity index (χ0n) is 13.1. The van der Waals surface area contributed by atoms with Gasteiger partial charge in [-0.05, 0) is 61.7 Å². The van der Waals surface area contributed by atoms with Crippen LogP contribution in [0.3, 0.4) is 0 Å². The SMILES string of the molecule is O=C(Nc1cccc(CN2CCC(CO)CC2)c1)c1ccco1. The Morgan fingerprint density at radius 3 is 2.78 bits per heavy atom. The third-order valence-corrected chi connectivity index (χ3v) is 4.30. The van der Waals surface area contributed by atoms with Gasteiger partial charge in [-0.1, -0.05) is 12.1 Å². The van der Waals surface area contributed by atoms with Gasteiger partial charge in [-0.15, -0.1) is 0 Å². The lowest BCUT2D eigenvalue weighted by Crippen LogP contribution is -2.34. The first-order valence-electron chi connectivity index (χ1n) is 8.01. The summed E-state index contributed by atoms with van der Waals surface area (Å²) in [6.07, 6.45) is 3.58. The number of amides is 1. The Labute approximate surface area is 135 Å². The number of benzene rings is 1. The van der Waals surface area contributed by atoms with Crippen LogP contribution >= 0.6 is 0 Å². The Bertz CT molecular complexity index is 631. The average molecular weight is 314 g/mol. The Kier molecular flexibility index (Phi) is 5.10. The summed E-state index contributed by atoms with van der Waals surface area (Å²) in [5.74, 6) is 0.516. The Morgan fingerprint density at radius 2 is 2.09 bits per heavy atom. The van der Waals surface area contributed by atoms with Crippen molar-refractivity contribution >= 4 is 11.6 Å². The second kappa shape index (κ2) is 7.44. The lowest BCUT2D eigenvalue weighted by atomic mass is 9.97. The molecular weight excluding hydrogens is 292 g/mol. The van der Waals surface area contributed by atoms with Crippen LogP contribution in [0.1, 0.15) is 29.0 Å². The van der Waals surface area contributed by atoms with Crippen LogP contribution < -0.4 is 5.32 Å². The van der Waals surface area contributed by atoms with Gasteiger partial charge < -0.3 is 14.8 Å². The number of nitrogens with zero attached hydrogens (tertiary/aromatic N) is 1. The van der Waals surface area contributed by atoms with Crippen molar-refractivity contribution in [2.24, 2.45) is 5.92 Å². The topological polar surface area (TPSA) is 65.7 Å². The summed E-state index contributed by atoms with van der Waals surface area (Å²) in [6.45, 7) is 3.17. The predicted molar refractivity (Wildman–Crippen MR) is 88.2 cm³/mol. The molecule has 0 aliphatic carbocycles. The number of furan rings is 1. The van der Waals surface area contributed by atoms with E-state index >= 15 is 0 Å². The first kappa shape index (κ1) is 15.8. The molecule has 5 nitrogen and oxygen atoms in total. The number of likely N-dealkylation sites (tertiary alicyclic amines) is 1. The van der Waals surface area contributed by atoms with Crippen LogP contribution in [0.25, 0.3) is 0 Å². The van der Waals surface area contributed by atoms with Crippen molar-refractivity contribution in [2.45, 2.75) is 19.4 Å². The van der Waals surface area contributed by atoms with Gasteiger partial charge >= 0.3 is 0 Å². The molecule has 3 rings (SSSR count). The molecule has 1 aliphatic rings. The number of piperidine rings is 1. The summed E-state index contributed by atoms with van der Waals surface area (Å²) in [7, 11) is 0. The maximum absolute atomic E-state index is 12.0. The summed E-state index contributed by atoms with van der Waals surface area (Å²) in [5.41, 5.74) is 1.94. The van der Waals surface area contributed by atoms with Gasteiger partial charge in [-0.25, -0.2) is 0 Å². The first-order chi connectivity index (χ1) is 11.2. The summed E-state index contributed by atoms with van der Waals surface area (Å²) >= 11 is 0. The molecule has 2 N–H and O–H groups in total. The van der Waals surface area contributed by atoms with Gasteiger partial charge in [0.1, 0.15) is 0 Å². The Balaban J connectivity index is 1.58. The van der Waals surface area contributed by atoms with Crippen LogP contribution in [-0.2, 0) is 6.54 Å². The van der Waals surface area contributed by atoms with Crippen LogP contribution in [0.5, 0.6) is 0 Å². The van der Waals surface area contributed by atoms with Crippen LogP contribution in [0.2, 0.25) is 0 Å². The number of carbonyl (C=O) groups excluding carboxylic acids is 1. The van der Waals surface area contributed by atoms with E-state index in [-0.39, 0.29) is 5.91 Å². The van der Waals surface area contributed by atoms with Crippen molar-refractivity contribution in [1.29, 1.82) is 0 Å². The fraction of sp³-hybridized carbons (Fsp3) is 0.389. The van der Waals surface area contributed by atoms with E-state index in [0.717, 1.165) is 38.2 Å². The molecule has 5 heteroatoms. The molecule has 2 aromatic rings. The van der Waals surface area contributed by atoms with Crippen molar-refractivity contribution < 1.29 is 14.3 Å². The number of aliphatic hydroxyl groups is 1. The third kappa shape index (κ3) is 4.21. The van der Waals surface area contributed by atoms with Crippen LogP contribution in [-0.4, -0.2) is 35.6 Å². The molecule has 0 spiro atoms. The monoisotopic (exact) mass is 314 g/mol. The van der Waals surface area contributed by atoms with Crippen molar-refractivity contribution in [3.8, 4) is 0 Å². The van der Waals surface area contributed by atoms with Crippen LogP contribution in [0.4, 0.5) is 5.69 Å². The molecule has 0 saturated carbocycles. The molecule has 1 aromatic heterocycles. The van der Waals surface area contributed by atoms with Gasteiger partial charge in [-0.2, -0.15) is 0 Å². The summed E-state index contributed by atoms with van der Waals surface area (Å²) in [4.78, 5) is 14.4. The van der Waals surface area contributed by atoms with Crippen molar-refractivity contribution in [1.82, 2.24) is 4.90 Å². The summed E-state index contributed by atoms with van der Waals surface area (Å²) in [6, 6.07) is 11.2. The molecule has 0 unspecified atom stereocenters. The maximum Gasteiger partial charge on any atom is 0.291 e. The summed E-state index contributed by atoms with van der Waals surface area (Å²) < 4.78 is 5.10. The van der Waals surface area contributed by atoms with Crippen molar-refractivity contribution in [2.75, 3.05) is 25.0 Å². The molecule has 0 atom stereocenters. The number of rotatable bonds is 5. The van der Waals surface area contributed by atoms with Gasteiger partial charge in [-0.3, -0.25) is 9.69 Å². The van der Waals surface area contributed by atoms with Crippen molar-refractivity contribution in [3.63, 3.8) is 0 Å². The largest absolute Gasteiger partial charge is 0.459 e. The van der Waals surface area contributed by atoms with Gasteiger partial charge in [0.2, 0.25) is 0 Å². The number of nitrogens with one attached hydrogen (secondary N) is 1. The standard InChI is InChI=1S/C18H22N2O3/c21-13-14-6-8-20(9-7-14)12-15-3-1-4-16(11-15)19-18(22)17-5-2-10-23-17/h1-5,10-11,14,21H,6-9,12-13H2,(H,19,22). The highest BCUT2D eigenvalue weighted by Gasteiger charge is 2.18. The van der Waals surface area contributed by atoms with Gasteiger partial charge in [0, 0.05) is 18.8 Å². The van der Waals surface area contributed by atoms with Crippen molar-refractivity contribution in [3.05, 3.63) is 54.0 Å². The molecule has 1 saturated heterocycles. The lowest BCUT2D eigenvalue weighted by molar-refractivity contribution is 0.0996. The molecule has 2 heterocycles. The smallest absolute Gasteiger partial charge is 0.291 e. The van der Waals surface area contributed by atoms with E-state index in [1.54, 1.807) is 12.1 Å². The van der Waals surface area contributed by atoms with Crippen LogP contribution in [0, 0.1) is 5.92 Å². The predicted octanol–water partition coefficient (Wildman–Crippen LogP) is 2.74. The van der Waals surface area contributed by atoms with Crippen LogP contribution in [0.15, 0.2) is 47.1 Å². The van der Waals surface area contributed by atoms with E-state index in [2.05, 4.69) is 16.3 Å². The quantitative estimate of drug-likeness (QED) is 0.890. The minimum absolute atomic E-state index is 0.240. The Hall–Kier alpha value is -2.11. The van der Waals surface area contributed by atoms with E-state index < -0.39 is 0 Å². The molecule has 1 fully saturated rings. The average Bonchev–Trinajstić information content (AvgIpc) is 3.10. The number of carbonyl (C=O) groups is 1. The first-order valence-corrected chi connectivity index (χ1v) is 8.01. The molecule has 122 valence electrons. The van der Waals surface area contributed by atoms with E-state index in [1.165, 1.54) is 11.8 Å². The fourth-order valence-electron chi connectivity index (χ4n) is 2.93. The molecule has 1 aliphatic heterocycles. The highest BCUT2D eigenvalue weighted by Crippen LogP contribution is 2.20. The summed E-state index contributed by atoms with van der Waals surface area (Å²) in [5, 5.41) is 12.1. The molecule has 0 radical (unpaired) electrons. The normalized spacial score (nSPS) is 16.4. The van der Waals surface area contributed by atoms with E-state index in [9.17, 15) is 9.90 Å². The number of aliphatic hydroxyl groups excluding tert-OH is 1. The van der Waals surface area contributed by atoms with E-state index in [4.69, 9.17) is 4.42 Å². The van der Waals surface area contributed by atoms with Gasteiger partial charge in [0.05, 0.1) is 6.26 Å². The molecule has 1 aromatic carbocycles. The third-order valence-electron chi connectivity index (χ3n) is 4.30. The second-order valence-electron chi connectivity index (χ2n) is 6.03. The number of hydrogen-bond acceptors (Lipinski definition) is 4. The number of anilines is 1. The Morgan fingerprint density at radius 1 is 1.26 bits per heavy atom. The zero-order chi connectivity index (χ0) is 16.1. The van der Waals surface area contributed by atoms with E-state index in [1.807, 2.05) is 18.2 Å². The minimum atomic E-state index is -0.240. The highest BCUT2D eigenvalue weighted by molar-refractivity contribution is 6.02. The minimum Gasteiger partial charge on any atom is -0.459 e. The zero-order valence-corrected chi connectivity index (χ0v) is 13.1. The molecular formula is C18H22N2O3. The fourth-order valence-corrected chi connectivity index (χ4v) is 2.93. The van der Waals surface area contributed by atoms with Gasteiger partial charge in [0.15, 0.2) is 5.76 Å².